The summed E-state index contributed by atoms with van der Waals surface area (Å²) in [6, 6.07) is 12.7. The fourth-order valence-corrected chi connectivity index (χ4v) is 2.65. The number of amides is 2. The lowest BCUT2D eigenvalue weighted by atomic mass is 10.0. The van der Waals surface area contributed by atoms with Crippen LogP contribution in [0.1, 0.15) is 5.56 Å². The van der Waals surface area contributed by atoms with Gasteiger partial charge in [-0.2, -0.15) is 0 Å². The Morgan fingerprint density at radius 1 is 1.12 bits per heavy atom. The Hall–Kier alpha value is -2.89. The lowest BCUT2D eigenvalue weighted by Gasteiger charge is -2.26. The SMILES string of the molecule is COc1cc(NC(=O)NC2COc3ccccc3C2)cc(OC)c1. The van der Waals surface area contributed by atoms with Crippen molar-refractivity contribution < 1.29 is 19.0 Å². The van der Waals surface area contributed by atoms with Crippen molar-refractivity contribution in [3.8, 4) is 17.2 Å². The molecule has 0 saturated carbocycles. The van der Waals surface area contributed by atoms with E-state index in [1.165, 1.54) is 0 Å². The van der Waals surface area contributed by atoms with Crippen LogP contribution in [0.2, 0.25) is 0 Å². The van der Waals surface area contributed by atoms with Gasteiger partial charge < -0.3 is 24.8 Å². The van der Waals surface area contributed by atoms with Crippen LogP contribution in [0.15, 0.2) is 42.5 Å². The molecule has 0 fully saturated rings. The predicted molar refractivity (Wildman–Crippen MR) is 91.1 cm³/mol. The molecule has 2 aromatic carbocycles. The molecule has 0 radical (unpaired) electrons. The highest BCUT2D eigenvalue weighted by Crippen LogP contribution is 2.26. The number of methoxy groups -OCH3 is 2. The topological polar surface area (TPSA) is 68.8 Å². The minimum atomic E-state index is -0.293. The molecule has 1 heterocycles. The highest BCUT2D eigenvalue weighted by Gasteiger charge is 2.21. The second-order valence-electron chi connectivity index (χ2n) is 5.52. The highest BCUT2D eigenvalue weighted by atomic mass is 16.5. The van der Waals surface area contributed by atoms with Crippen LogP contribution in [-0.2, 0) is 6.42 Å². The first kappa shape index (κ1) is 16.0. The molecule has 1 aliphatic heterocycles. The number of benzene rings is 2. The number of para-hydroxylation sites is 1. The van der Waals surface area contributed by atoms with Gasteiger partial charge in [-0.05, 0) is 18.1 Å². The lowest BCUT2D eigenvalue weighted by molar-refractivity contribution is 0.222. The number of ether oxygens (including phenoxy) is 3. The third kappa shape index (κ3) is 3.71. The maximum Gasteiger partial charge on any atom is 0.319 e. The number of rotatable bonds is 4. The summed E-state index contributed by atoms with van der Waals surface area (Å²) in [4.78, 5) is 12.2. The Morgan fingerprint density at radius 2 is 1.83 bits per heavy atom. The zero-order chi connectivity index (χ0) is 16.9. The summed E-state index contributed by atoms with van der Waals surface area (Å²) in [5.74, 6) is 2.10. The summed E-state index contributed by atoms with van der Waals surface area (Å²) >= 11 is 0. The number of carbonyl (C=O) groups excluding carboxylic acids is 1. The van der Waals surface area contributed by atoms with Crippen molar-refractivity contribution in [1.29, 1.82) is 0 Å². The number of fused-ring (bicyclic) bond motifs is 1. The molecule has 24 heavy (non-hydrogen) atoms. The van der Waals surface area contributed by atoms with Gasteiger partial charge in [0, 0.05) is 23.9 Å². The fourth-order valence-electron chi connectivity index (χ4n) is 2.65. The van der Waals surface area contributed by atoms with Gasteiger partial charge in [-0.25, -0.2) is 4.79 Å². The second kappa shape index (κ2) is 7.12. The van der Waals surface area contributed by atoms with E-state index in [2.05, 4.69) is 10.6 Å². The van der Waals surface area contributed by atoms with Crippen LogP contribution in [-0.4, -0.2) is 32.9 Å². The van der Waals surface area contributed by atoms with Crippen molar-refractivity contribution in [3.05, 3.63) is 48.0 Å². The molecule has 2 aromatic rings. The quantitative estimate of drug-likeness (QED) is 0.905. The Morgan fingerprint density at radius 3 is 2.54 bits per heavy atom. The first-order valence-electron chi connectivity index (χ1n) is 7.69. The van der Waals surface area contributed by atoms with Crippen LogP contribution in [0.25, 0.3) is 0 Å². The number of nitrogens with one attached hydrogen (secondary N) is 2. The Bertz CT molecular complexity index is 710. The summed E-state index contributed by atoms with van der Waals surface area (Å²) in [5.41, 5.74) is 1.69. The number of hydrogen-bond acceptors (Lipinski definition) is 4. The van der Waals surface area contributed by atoms with Crippen LogP contribution in [0.5, 0.6) is 17.2 Å². The van der Waals surface area contributed by atoms with E-state index < -0.39 is 0 Å². The lowest BCUT2D eigenvalue weighted by Crippen LogP contribution is -2.44. The van der Waals surface area contributed by atoms with Gasteiger partial charge in [0.2, 0.25) is 0 Å². The summed E-state index contributed by atoms with van der Waals surface area (Å²) < 4.78 is 16.1. The molecular weight excluding hydrogens is 308 g/mol. The van der Waals surface area contributed by atoms with Crippen molar-refractivity contribution in [2.75, 3.05) is 26.1 Å². The van der Waals surface area contributed by atoms with Gasteiger partial charge in [0.05, 0.1) is 20.3 Å². The van der Waals surface area contributed by atoms with Gasteiger partial charge in [0.1, 0.15) is 23.9 Å². The molecule has 0 aliphatic carbocycles. The summed E-state index contributed by atoms with van der Waals surface area (Å²) in [6.45, 7) is 0.450. The first-order valence-corrected chi connectivity index (χ1v) is 7.69. The smallest absolute Gasteiger partial charge is 0.319 e. The third-order valence-electron chi connectivity index (χ3n) is 3.82. The van der Waals surface area contributed by atoms with Crippen molar-refractivity contribution >= 4 is 11.7 Å². The minimum Gasteiger partial charge on any atom is -0.497 e. The fraction of sp³-hybridized carbons (Fsp3) is 0.278. The number of urea groups is 1. The molecule has 6 heteroatoms. The Kier molecular flexibility index (Phi) is 4.74. The highest BCUT2D eigenvalue weighted by molar-refractivity contribution is 5.90. The van der Waals surface area contributed by atoms with Gasteiger partial charge in [-0.3, -0.25) is 0 Å². The summed E-state index contributed by atoms with van der Waals surface area (Å²) in [5, 5.41) is 5.72. The van der Waals surface area contributed by atoms with E-state index in [9.17, 15) is 4.79 Å². The van der Waals surface area contributed by atoms with E-state index in [4.69, 9.17) is 14.2 Å². The van der Waals surface area contributed by atoms with E-state index in [1.54, 1.807) is 32.4 Å². The monoisotopic (exact) mass is 328 g/mol. The summed E-state index contributed by atoms with van der Waals surface area (Å²) in [7, 11) is 3.13. The van der Waals surface area contributed by atoms with Crippen LogP contribution < -0.4 is 24.8 Å². The molecule has 2 N–H and O–H groups in total. The molecule has 3 rings (SSSR count). The molecule has 2 amide bonds. The number of hydrogen-bond donors (Lipinski definition) is 2. The molecule has 0 spiro atoms. The normalized spacial score (nSPS) is 15.7. The van der Waals surface area contributed by atoms with Gasteiger partial charge in [-0.1, -0.05) is 18.2 Å². The molecular formula is C18H20N2O4. The maximum atomic E-state index is 12.2. The molecule has 0 aromatic heterocycles. The van der Waals surface area contributed by atoms with E-state index in [-0.39, 0.29) is 12.1 Å². The Balaban J connectivity index is 1.62. The van der Waals surface area contributed by atoms with Crippen LogP contribution in [0.3, 0.4) is 0 Å². The van der Waals surface area contributed by atoms with Crippen molar-refractivity contribution in [2.45, 2.75) is 12.5 Å². The standard InChI is InChI=1S/C18H20N2O4/c1-22-15-8-13(9-16(10-15)23-2)19-18(21)20-14-7-12-5-3-4-6-17(12)24-11-14/h3-6,8-10,14H,7,11H2,1-2H3,(H2,19,20,21). The molecule has 1 aliphatic rings. The molecule has 0 saturated heterocycles. The number of carbonyl (C=O) groups is 1. The molecule has 6 nitrogen and oxygen atoms in total. The second-order valence-corrected chi connectivity index (χ2v) is 5.52. The van der Waals surface area contributed by atoms with Gasteiger partial charge in [-0.15, -0.1) is 0 Å². The van der Waals surface area contributed by atoms with Crippen LogP contribution >= 0.6 is 0 Å². The van der Waals surface area contributed by atoms with E-state index in [0.29, 0.717) is 23.8 Å². The average molecular weight is 328 g/mol. The van der Waals surface area contributed by atoms with Crippen LogP contribution in [0, 0.1) is 0 Å². The zero-order valence-electron chi connectivity index (χ0n) is 13.7. The van der Waals surface area contributed by atoms with Gasteiger partial charge >= 0.3 is 6.03 Å². The predicted octanol–water partition coefficient (Wildman–Crippen LogP) is 2.83. The molecule has 126 valence electrons. The van der Waals surface area contributed by atoms with E-state index in [1.807, 2.05) is 24.3 Å². The van der Waals surface area contributed by atoms with Crippen molar-refractivity contribution in [2.24, 2.45) is 0 Å². The number of anilines is 1. The first-order chi connectivity index (χ1) is 11.7. The van der Waals surface area contributed by atoms with E-state index in [0.717, 1.165) is 17.7 Å². The minimum absolute atomic E-state index is 0.0765. The third-order valence-corrected chi connectivity index (χ3v) is 3.82. The summed E-state index contributed by atoms with van der Waals surface area (Å²) in [6.07, 6.45) is 0.741. The van der Waals surface area contributed by atoms with Crippen LogP contribution in [0.4, 0.5) is 10.5 Å². The molecule has 1 atom stereocenters. The zero-order valence-corrected chi connectivity index (χ0v) is 13.7. The maximum absolute atomic E-state index is 12.2. The van der Waals surface area contributed by atoms with E-state index >= 15 is 0 Å². The van der Waals surface area contributed by atoms with Crippen molar-refractivity contribution in [3.63, 3.8) is 0 Å². The average Bonchev–Trinajstić information content (AvgIpc) is 2.61. The van der Waals surface area contributed by atoms with Gasteiger partial charge in [0.15, 0.2) is 0 Å². The Labute approximate surface area is 140 Å². The molecule has 1 unspecified atom stereocenters. The molecule has 0 bridgehead atoms. The largest absolute Gasteiger partial charge is 0.497 e. The van der Waals surface area contributed by atoms with Crippen molar-refractivity contribution in [1.82, 2.24) is 5.32 Å². The van der Waals surface area contributed by atoms with Gasteiger partial charge in [0.25, 0.3) is 0 Å².